The zero-order valence-corrected chi connectivity index (χ0v) is 12.1. The molecule has 0 bridgehead atoms. The third kappa shape index (κ3) is 3.37. The molecule has 0 aromatic carbocycles. The first-order valence-corrected chi connectivity index (χ1v) is 7.56. The Morgan fingerprint density at radius 2 is 2.30 bits per heavy atom. The van der Waals surface area contributed by atoms with Crippen LogP contribution in [-0.2, 0) is 9.47 Å². The number of aryl methyl sites for hydroxylation is 1. The van der Waals surface area contributed by atoms with Crippen molar-refractivity contribution in [1.82, 2.24) is 15.0 Å². The Hall–Kier alpha value is -0.980. The number of hydrogen-bond acceptors (Lipinski definition) is 6. The maximum Gasteiger partial charge on any atom is 0.223 e. The summed E-state index contributed by atoms with van der Waals surface area (Å²) in [6, 6.07) is 0.291. The molecular formula is C14H23N3O3. The quantitative estimate of drug-likeness (QED) is 0.740. The fourth-order valence-electron chi connectivity index (χ4n) is 3.01. The van der Waals surface area contributed by atoms with Gasteiger partial charge in [0.05, 0.1) is 25.4 Å². The number of rotatable bonds is 6. The molecule has 0 N–H and O–H groups in total. The van der Waals surface area contributed by atoms with Crippen LogP contribution in [0.15, 0.2) is 4.52 Å². The van der Waals surface area contributed by atoms with Gasteiger partial charge < -0.3 is 14.0 Å². The molecule has 1 aromatic rings. The molecule has 3 rings (SSSR count). The van der Waals surface area contributed by atoms with Gasteiger partial charge in [-0.25, -0.2) is 0 Å². The second-order valence-electron chi connectivity index (χ2n) is 5.58. The molecule has 112 valence electrons. The van der Waals surface area contributed by atoms with Crippen LogP contribution in [0.5, 0.6) is 0 Å². The summed E-state index contributed by atoms with van der Waals surface area (Å²) in [6.45, 7) is 6.19. The first-order chi connectivity index (χ1) is 9.83. The monoisotopic (exact) mass is 281 g/mol. The predicted octanol–water partition coefficient (Wildman–Crippen LogP) is 1.71. The lowest BCUT2D eigenvalue weighted by Gasteiger charge is -2.22. The minimum Gasteiger partial charge on any atom is -0.377 e. The first-order valence-electron chi connectivity index (χ1n) is 7.56. The summed E-state index contributed by atoms with van der Waals surface area (Å²) in [5, 5.41) is 4.05. The number of hydrogen-bond donors (Lipinski definition) is 0. The van der Waals surface area contributed by atoms with Crippen molar-refractivity contribution in [1.29, 1.82) is 0 Å². The topological polar surface area (TPSA) is 60.6 Å². The van der Waals surface area contributed by atoms with Crippen molar-refractivity contribution in [3.05, 3.63) is 11.7 Å². The SMILES string of the molecule is Cc1nc([C@@H]2CCCN2CCOC[C@H]2CCCO2)no1. The molecule has 20 heavy (non-hydrogen) atoms. The summed E-state index contributed by atoms with van der Waals surface area (Å²) in [7, 11) is 0. The van der Waals surface area contributed by atoms with Gasteiger partial charge in [-0.3, -0.25) is 4.90 Å². The minimum atomic E-state index is 0.291. The van der Waals surface area contributed by atoms with E-state index in [4.69, 9.17) is 14.0 Å². The van der Waals surface area contributed by atoms with Gasteiger partial charge in [0.1, 0.15) is 0 Å². The fourth-order valence-corrected chi connectivity index (χ4v) is 3.01. The first kappa shape index (κ1) is 14.0. The Balaban J connectivity index is 1.42. The Labute approximate surface area is 119 Å². The highest BCUT2D eigenvalue weighted by Gasteiger charge is 2.29. The van der Waals surface area contributed by atoms with Crippen molar-refractivity contribution >= 4 is 0 Å². The van der Waals surface area contributed by atoms with Crippen LogP contribution < -0.4 is 0 Å². The maximum atomic E-state index is 5.74. The van der Waals surface area contributed by atoms with E-state index < -0.39 is 0 Å². The summed E-state index contributed by atoms with van der Waals surface area (Å²) < 4.78 is 16.4. The smallest absolute Gasteiger partial charge is 0.223 e. The molecule has 2 aliphatic heterocycles. The molecule has 6 heteroatoms. The lowest BCUT2D eigenvalue weighted by atomic mass is 10.2. The van der Waals surface area contributed by atoms with E-state index in [0.29, 0.717) is 18.0 Å². The molecule has 0 saturated carbocycles. The molecule has 0 spiro atoms. The molecule has 0 amide bonds. The van der Waals surface area contributed by atoms with Crippen LogP contribution in [-0.4, -0.2) is 54.1 Å². The Kier molecular flexibility index (Phi) is 4.65. The van der Waals surface area contributed by atoms with Crippen LogP contribution in [0.2, 0.25) is 0 Å². The molecule has 0 aliphatic carbocycles. The molecule has 2 fully saturated rings. The highest BCUT2D eigenvalue weighted by Crippen LogP contribution is 2.29. The number of nitrogens with zero attached hydrogens (tertiary/aromatic N) is 3. The van der Waals surface area contributed by atoms with Crippen LogP contribution in [0.25, 0.3) is 0 Å². The normalized spacial score (nSPS) is 27.4. The number of likely N-dealkylation sites (tertiary alicyclic amines) is 1. The van der Waals surface area contributed by atoms with Gasteiger partial charge in [0.2, 0.25) is 5.89 Å². The second kappa shape index (κ2) is 6.65. The molecule has 2 aliphatic rings. The van der Waals surface area contributed by atoms with Crippen molar-refractivity contribution in [2.24, 2.45) is 0 Å². The Bertz CT molecular complexity index is 418. The van der Waals surface area contributed by atoms with Gasteiger partial charge in [-0.2, -0.15) is 4.98 Å². The van der Waals surface area contributed by atoms with E-state index >= 15 is 0 Å². The van der Waals surface area contributed by atoms with Crippen molar-refractivity contribution in [3.8, 4) is 0 Å². The van der Waals surface area contributed by atoms with Gasteiger partial charge in [0, 0.05) is 20.1 Å². The van der Waals surface area contributed by atoms with Crippen LogP contribution in [0.4, 0.5) is 0 Å². The highest BCUT2D eigenvalue weighted by atomic mass is 16.5. The van der Waals surface area contributed by atoms with Gasteiger partial charge in [-0.15, -0.1) is 0 Å². The number of ether oxygens (including phenoxy) is 2. The van der Waals surface area contributed by atoms with E-state index in [1.54, 1.807) is 0 Å². The van der Waals surface area contributed by atoms with Gasteiger partial charge in [-0.05, 0) is 32.2 Å². The molecule has 2 atom stereocenters. The largest absolute Gasteiger partial charge is 0.377 e. The zero-order chi connectivity index (χ0) is 13.8. The van der Waals surface area contributed by atoms with Crippen molar-refractivity contribution in [2.45, 2.75) is 44.8 Å². The van der Waals surface area contributed by atoms with E-state index in [9.17, 15) is 0 Å². The van der Waals surface area contributed by atoms with E-state index in [0.717, 1.165) is 51.6 Å². The lowest BCUT2D eigenvalue weighted by Crippen LogP contribution is -2.29. The number of aromatic nitrogens is 2. The fraction of sp³-hybridized carbons (Fsp3) is 0.857. The Morgan fingerprint density at radius 1 is 1.35 bits per heavy atom. The Morgan fingerprint density at radius 3 is 3.05 bits per heavy atom. The molecule has 1 aromatic heterocycles. The molecule has 2 saturated heterocycles. The summed E-state index contributed by atoms with van der Waals surface area (Å²) in [5.41, 5.74) is 0. The van der Waals surface area contributed by atoms with Crippen LogP contribution >= 0.6 is 0 Å². The second-order valence-corrected chi connectivity index (χ2v) is 5.58. The lowest BCUT2D eigenvalue weighted by molar-refractivity contribution is 0.00920. The van der Waals surface area contributed by atoms with Gasteiger partial charge in [-0.1, -0.05) is 5.16 Å². The molecule has 0 unspecified atom stereocenters. The van der Waals surface area contributed by atoms with Gasteiger partial charge in [0.25, 0.3) is 0 Å². The van der Waals surface area contributed by atoms with E-state index in [2.05, 4.69) is 15.0 Å². The molecule has 0 radical (unpaired) electrons. The van der Waals surface area contributed by atoms with Gasteiger partial charge >= 0.3 is 0 Å². The predicted molar refractivity (Wildman–Crippen MR) is 72.4 cm³/mol. The zero-order valence-electron chi connectivity index (χ0n) is 12.1. The van der Waals surface area contributed by atoms with Crippen LogP contribution in [0, 0.1) is 6.92 Å². The third-order valence-electron chi connectivity index (χ3n) is 4.06. The van der Waals surface area contributed by atoms with Gasteiger partial charge in [0.15, 0.2) is 5.82 Å². The third-order valence-corrected chi connectivity index (χ3v) is 4.06. The summed E-state index contributed by atoms with van der Waals surface area (Å²) in [6.07, 6.45) is 4.90. The summed E-state index contributed by atoms with van der Waals surface area (Å²) in [4.78, 5) is 6.74. The van der Waals surface area contributed by atoms with Crippen molar-refractivity contribution < 1.29 is 14.0 Å². The highest BCUT2D eigenvalue weighted by molar-refractivity contribution is 4.97. The average molecular weight is 281 g/mol. The molecule has 6 nitrogen and oxygen atoms in total. The van der Waals surface area contributed by atoms with Crippen LogP contribution in [0.3, 0.4) is 0 Å². The maximum absolute atomic E-state index is 5.74. The van der Waals surface area contributed by atoms with Crippen LogP contribution in [0.1, 0.15) is 43.4 Å². The standard InChI is InChI=1S/C14H23N3O3/c1-11-15-14(16-20-11)13-5-2-6-17(13)7-9-18-10-12-4-3-8-19-12/h12-13H,2-10H2,1H3/t12-,13+/m1/s1. The van der Waals surface area contributed by atoms with E-state index in [1.165, 1.54) is 12.8 Å². The van der Waals surface area contributed by atoms with E-state index in [1.807, 2.05) is 6.92 Å². The van der Waals surface area contributed by atoms with E-state index in [-0.39, 0.29) is 0 Å². The average Bonchev–Trinajstić information content (AvgIpc) is 3.16. The van der Waals surface area contributed by atoms with Crippen molar-refractivity contribution in [3.63, 3.8) is 0 Å². The minimum absolute atomic E-state index is 0.291. The summed E-state index contributed by atoms with van der Waals surface area (Å²) in [5.74, 6) is 1.46. The summed E-state index contributed by atoms with van der Waals surface area (Å²) >= 11 is 0. The molecular weight excluding hydrogens is 258 g/mol. The molecule has 3 heterocycles. The van der Waals surface area contributed by atoms with Crippen molar-refractivity contribution in [2.75, 3.05) is 32.9 Å².